The Morgan fingerprint density at radius 2 is 1.53 bits per heavy atom. The maximum absolute atomic E-state index is 13.3. The van der Waals surface area contributed by atoms with Crippen LogP contribution in [0.15, 0.2) is 48.5 Å². The van der Waals surface area contributed by atoms with Crippen molar-refractivity contribution in [3.05, 3.63) is 48.5 Å². The molecule has 3 rings (SSSR count). The number of Topliss-reactive ketones (excluding diaryl/α,β-unsaturated/α-hetero) is 1. The number of amides is 1. The first-order valence-corrected chi connectivity index (χ1v) is 10.5. The van der Waals surface area contributed by atoms with Gasteiger partial charge in [0, 0.05) is 23.1 Å². The average molecular weight is 440 g/mol. The lowest BCUT2D eigenvalue weighted by Gasteiger charge is -2.20. The van der Waals surface area contributed by atoms with Crippen LogP contribution in [0, 0.1) is 5.92 Å². The van der Waals surface area contributed by atoms with Crippen LogP contribution >= 0.6 is 0 Å². The fourth-order valence-electron chi connectivity index (χ4n) is 3.97. The van der Waals surface area contributed by atoms with Crippen LogP contribution in [0.25, 0.3) is 21.8 Å². The maximum Gasteiger partial charge on any atom is 0.305 e. The first kappa shape index (κ1) is 23.1. The number of carbonyl (C=O) groups excluding carboxylic acids is 3. The van der Waals surface area contributed by atoms with Gasteiger partial charge in [-0.05, 0) is 18.6 Å². The molecule has 0 radical (unpaired) electrons. The summed E-state index contributed by atoms with van der Waals surface area (Å²) in [5.41, 5.74) is 1.46. The third kappa shape index (κ3) is 4.85. The minimum atomic E-state index is -1.47. The second-order valence-corrected chi connectivity index (χ2v) is 7.71. The summed E-state index contributed by atoms with van der Waals surface area (Å²) in [6, 6.07) is 13.5. The molecule has 7 nitrogen and oxygen atoms in total. The number of nitrogens with zero attached hydrogens (tertiary/aromatic N) is 1. The number of benzene rings is 2. The number of rotatable bonds is 10. The number of nitrogens with one attached hydrogen (secondary N) is 1. The molecule has 8 heteroatoms. The molecule has 0 fully saturated rings. The molecule has 0 bridgehead atoms. The Morgan fingerprint density at radius 3 is 2.03 bits per heavy atom. The van der Waals surface area contributed by atoms with Gasteiger partial charge in [-0.25, -0.2) is 4.39 Å². The van der Waals surface area contributed by atoms with Gasteiger partial charge in [0.2, 0.25) is 11.8 Å². The van der Waals surface area contributed by atoms with Crippen molar-refractivity contribution in [1.82, 2.24) is 9.88 Å². The van der Waals surface area contributed by atoms with Crippen LogP contribution in [0.3, 0.4) is 0 Å². The fraction of sp³-hybridized carbons (Fsp3) is 0.333. The van der Waals surface area contributed by atoms with Crippen molar-refractivity contribution < 1.29 is 28.7 Å². The van der Waals surface area contributed by atoms with Crippen LogP contribution in [0.2, 0.25) is 0 Å². The predicted molar refractivity (Wildman–Crippen MR) is 118 cm³/mol. The van der Waals surface area contributed by atoms with Gasteiger partial charge >= 0.3 is 5.97 Å². The first-order valence-electron chi connectivity index (χ1n) is 10.5. The standard InChI is InChI=1S/C24H25FN2O5/c1-2-7-15(24(32)26-18(13-23(30)31)21(28)14-25)12-22(29)27-19-10-5-3-8-16(19)17-9-4-6-11-20(17)27/h3-6,8-11,15,18H,2,7,12-14H2,1H3,(H,26,32)(H,30,31)/t15-,18+/m1/s1. The third-order valence-electron chi connectivity index (χ3n) is 5.47. The number of alkyl halides is 1. The van der Waals surface area contributed by atoms with Crippen molar-refractivity contribution in [1.29, 1.82) is 0 Å². The number of halogens is 1. The van der Waals surface area contributed by atoms with Crippen LogP contribution in [0.5, 0.6) is 0 Å². The van der Waals surface area contributed by atoms with Gasteiger partial charge in [0.25, 0.3) is 0 Å². The summed E-state index contributed by atoms with van der Waals surface area (Å²) in [4.78, 5) is 48.9. The highest BCUT2D eigenvalue weighted by Gasteiger charge is 2.29. The molecular formula is C24H25FN2O5. The van der Waals surface area contributed by atoms with Gasteiger partial charge in [-0.1, -0.05) is 49.7 Å². The van der Waals surface area contributed by atoms with Crippen LogP contribution < -0.4 is 5.32 Å². The number of carbonyl (C=O) groups is 4. The Kier molecular flexibility index (Phi) is 7.35. The normalized spacial score (nSPS) is 13.1. The number of carboxylic acids is 1. The minimum absolute atomic E-state index is 0.133. The second kappa shape index (κ2) is 10.2. The van der Waals surface area contributed by atoms with Gasteiger partial charge in [0.15, 0.2) is 5.78 Å². The van der Waals surface area contributed by atoms with E-state index in [0.717, 1.165) is 21.8 Å². The SMILES string of the molecule is CCC[C@H](CC(=O)n1c2ccccc2c2ccccc21)C(=O)N[C@@H](CC(=O)O)C(=O)CF. The Balaban J connectivity index is 1.89. The Labute approximate surface area is 184 Å². The van der Waals surface area contributed by atoms with Gasteiger partial charge in [0.05, 0.1) is 17.5 Å². The third-order valence-corrected chi connectivity index (χ3v) is 5.47. The van der Waals surface area contributed by atoms with Crippen LogP contribution in [0.1, 0.15) is 37.4 Å². The summed E-state index contributed by atoms with van der Waals surface area (Å²) < 4.78 is 14.4. The lowest BCUT2D eigenvalue weighted by molar-refractivity contribution is -0.140. The number of para-hydroxylation sites is 2. The van der Waals surface area contributed by atoms with E-state index >= 15 is 0 Å². The van der Waals surface area contributed by atoms with E-state index in [9.17, 15) is 23.6 Å². The number of carboxylic acid groups (broad SMARTS) is 1. The highest BCUT2D eigenvalue weighted by atomic mass is 19.1. The molecule has 3 aromatic rings. The molecule has 32 heavy (non-hydrogen) atoms. The van der Waals surface area contributed by atoms with Crippen LogP contribution in [-0.2, 0) is 14.4 Å². The lowest BCUT2D eigenvalue weighted by Crippen LogP contribution is -2.46. The van der Waals surface area contributed by atoms with E-state index in [1.165, 1.54) is 0 Å². The zero-order chi connectivity index (χ0) is 23.3. The smallest absolute Gasteiger partial charge is 0.305 e. The van der Waals surface area contributed by atoms with Gasteiger partial charge in [0.1, 0.15) is 12.7 Å². The molecule has 2 atom stereocenters. The molecule has 1 heterocycles. The van der Waals surface area contributed by atoms with Crippen molar-refractivity contribution in [2.24, 2.45) is 5.92 Å². The summed E-state index contributed by atoms with van der Waals surface area (Å²) in [6.07, 6.45) is 0.109. The minimum Gasteiger partial charge on any atom is -0.481 e. The highest BCUT2D eigenvalue weighted by molar-refractivity contribution is 6.13. The van der Waals surface area contributed by atoms with E-state index in [1.54, 1.807) is 4.57 Å². The molecule has 0 aliphatic heterocycles. The average Bonchev–Trinajstić information content (AvgIpc) is 3.12. The summed E-state index contributed by atoms with van der Waals surface area (Å²) >= 11 is 0. The summed E-state index contributed by atoms with van der Waals surface area (Å²) in [5, 5.41) is 13.1. The molecule has 168 valence electrons. The molecule has 0 aliphatic rings. The van der Waals surface area contributed by atoms with Crippen molar-refractivity contribution >= 4 is 45.4 Å². The van der Waals surface area contributed by atoms with Crippen molar-refractivity contribution in [3.63, 3.8) is 0 Å². The second-order valence-electron chi connectivity index (χ2n) is 7.71. The molecule has 0 aliphatic carbocycles. The number of ketones is 1. The van der Waals surface area contributed by atoms with Crippen LogP contribution in [0.4, 0.5) is 4.39 Å². The van der Waals surface area contributed by atoms with E-state index in [4.69, 9.17) is 5.11 Å². The topological polar surface area (TPSA) is 105 Å². The predicted octanol–water partition coefficient (Wildman–Crippen LogP) is 3.74. The summed E-state index contributed by atoms with van der Waals surface area (Å²) in [6.45, 7) is 0.476. The highest BCUT2D eigenvalue weighted by Crippen LogP contribution is 2.29. The van der Waals surface area contributed by atoms with E-state index in [1.807, 2.05) is 55.5 Å². The van der Waals surface area contributed by atoms with Gasteiger partial charge in [-0.2, -0.15) is 0 Å². The quantitative estimate of drug-likeness (QED) is 0.500. The van der Waals surface area contributed by atoms with Crippen molar-refractivity contribution in [2.75, 3.05) is 6.67 Å². The number of fused-ring (bicyclic) bond motifs is 3. The molecular weight excluding hydrogens is 415 g/mol. The largest absolute Gasteiger partial charge is 0.481 e. The number of hydrogen-bond acceptors (Lipinski definition) is 4. The Bertz CT molecular complexity index is 1120. The van der Waals surface area contributed by atoms with E-state index < -0.39 is 42.7 Å². The number of hydrogen-bond donors (Lipinski definition) is 2. The lowest BCUT2D eigenvalue weighted by atomic mass is 9.97. The molecule has 0 unspecified atom stereocenters. The molecule has 1 aromatic heterocycles. The van der Waals surface area contributed by atoms with Gasteiger partial charge < -0.3 is 10.4 Å². The molecule has 0 spiro atoms. The molecule has 2 aromatic carbocycles. The van der Waals surface area contributed by atoms with E-state index in [0.29, 0.717) is 12.8 Å². The Hall–Kier alpha value is -3.55. The fourth-order valence-corrected chi connectivity index (χ4v) is 3.97. The number of aliphatic carboxylic acids is 1. The van der Waals surface area contributed by atoms with Crippen molar-refractivity contribution in [3.8, 4) is 0 Å². The van der Waals surface area contributed by atoms with Gasteiger partial charge in [-0.15, -0.1) is 0 Å². The van der Waals surface area contributed by atoms with E-state index in [2.05, 4.69) is 5.32 Å². The molecule has 0 saturated carbocycles. The number of aromatic nitrogens is 1. The monoisotopic (exact) mass is 440 g/mol. The first-order chi connectivity index (χ1) is 15.4. The summed E-state index contributed by atoms with van der Waals surface area (Å²) in [5.74, 6) is -4.04. The summed E-state index contributed by atoms with van der Waals surface area (Å²) in [7, 11) is 0. The molecule has 2 N–H and O–H groups in total. The zero-order valence-electron chi connectivity index (χ0n) is 17.7. The zero-order valence-corrected chi connectivity index (χ0v) is 17.7. The van der Waals surface area contributed by atoms with Gasteiger partial charge in [-0.3, -0.25) is 23.7 Å². The van der Waals surface area contributed by atoms with E-state index in [-0.39, 0.29) is 12.3 Å². The molecule has 0 saturated heterocycles. The Morgan fingerprint density at radius 1 is 0.969 bits per heavy atom. The van der Waals surface area contributed by atoms with Crippen LogP contribution in [-0.4, -0.2) is 46.0 Å². The molecule has 1 amide bonds. The maximum atomic E-state index is 13.3. The van der Waals surface area contributed by atoms with Crippen molar-refractivity contribution in [2.45, 2.75) is 38.6 Å².